The van der Waals surface area contributed by atoms with Crippen molar-refractivity contribution in [1.29, 1.82) is 0 Å². The zero-order chi connectivity index (χ0) is 24.6. The summed E-state index contributed by atoms with van der Waals surface area (Å²) < 4.78 is 9.38. The van der Waals surface area contributed by atoms with E-state index in [9.17, 15) is 4.79 Å². The predicted octanol–water partition coefficient (Wildman–Crippen LogP) is 4.30. The van der Waals surface area contributed by atoms with Crippen molar-refractivity contribution in [3.63, 3.8) is 0 Å². The second-order valence-corrected chi connectivity index (χ2v) is 12.3. The van der Waals surface area contributed by atoms with E-state index < -0.39 is 5.60 Å². The van der Waals surface area contributed by atoms with Gasteiger partial charge in [-0.05, 0) is 42.7 Å². The second kappa shape index (κ2) is 9.12. The second-order valence-electron chi connectivity index (χ2n) is 12.3. The standard InChI is InChI=1S/C15H25N3O2.C10H17N3/c1-14(2,3)11-7-16-18(8-11)12-9-17(10-12)13(19)20-15(4,5)6;1-10(2,3)8-4-12-13(7-8)9-5-11-6-9/h7-8,12H,9-10H2,1-6H3;4,7,9,11H,5-6H2,1-3H3. The van der Waals surface area contributed by atoms with Gasteiger partial charge < -0.3 is 15.0 Å². The van der Waals surface area contributed by atoms with Crippen molar-refractivity contribution in [2.45, 2.75) is 90.8 Å². The lowest BCUT2D eigenvalue weighted by Crippen LogP contribution is -2.52. The van der Waals surface area contributed by atoms with Crippen LogP contribution in [0.1, 0.15) is 85.5 Å². The summed E-state index contributed by atoms with van der Waals surface area (Å²) in [5, 5.41) is 12.0. The number of hydrogen-bond donors (Lipinski definition) is 1. The van der Waals surface area contributed by atoms with Crippen LogP contribution >= 0.6 is 0 Å². The zero-order valence-electron chi connectivity index (χ0n) is 21.8. The Morgan fingerprint density at radius 3 is 1.64 bits per heavy atom. The van der Waals surface area contributed by atoms with E-state index in [0.29, 0.717) is 19.1 Å². The molecular weight excluding hydrogens is 416 g/mol. The molecule has 2 aliphatic heterocycles. The van der Waals surface area contributed by atoms with Gasteiger partial charge in [0.1, 0.15) is 5.60 Å². The van der Waals surface area contributed by atoms with Gasteiger partial charge in [0.05, 0.1) is 24.5 Å². The molecule has 4 rings (SSSR count). The fourth-order valence-electron chi connectivity index (χ4n) is 3.41. The summed E-state index contributed by atoms with van der Waals surface area (Å²) >= 11 is 0. The highest BCUT2D eigenvalue weighted by atomic mass is 16.6. The fraction of sp³-hybridized carbons (Fsp3) is 0.720. The molecule has 1 amide bonds. The van der Waals surface area contributed by atoms with E-state index in [-0.39, 0.29) is 23.0 Å². The number of nitrogens with zero attached hydrogens (tertiary/aromatic N) is 5. The van der Waals surface area contributed by atoms with Gasteiger partial charge in [0.25, 0.3) is 0 Å². The van der Waals surface area contributed by atoms with Crippen molar-refractivity contribution in [1.82, 2.24) is 29.8 Å². The number of carbonyl (C=O) groups is 1. The summed E-state index contributed by atoms with van der Waals surface area (Å²) in [6, 6.07) is 0.842. The average Bonchev–Trinajstić information content (AvgIpc) is 3.19. The Hall–Kier alpha value is -2.35. The molecule has 0 aliphatic carbocycles. The number of amides is 1. The number of ether oxygens (including phenoxy) is 1. The molecule has 1 N–H and O–H groups in total. The first-order valence-corrected chi connectivity index (χ1v) is 11.9. The van der Waals surface area contributed by atoms with Crippen molar-refractivity contribution in [3.8, 4) is 0 Å². The monoisotopic (exact) mass is 458 g/mol. The van der Waals surface area contributed by atoms with E-state index in [1.54, 1.807) is 4.90 Å². The van der Waals surface area contributed by atoms with Gasteiger partial charge in [0, 0.05) is 38.6 Å². The van der Waals surface area contributed by atoms with Gasteiger partial charge in [-0.15, -0.1) is 0 Å². The summed E-state index contributed by atoms with van der Waals surface area (Å²) in [5.41, 5.74) is 2.42. The molecule has 33 heavy (non-hydrogen) atoms. The van der Waals surface area contributed by atoms with Gasteiger partial charge in [-0.25, -0.2) is 4.79 Å². The quantitative estimate of drug-likeness (QED) is 0.726. The summed E-state index contributed by atoms with van der Waals surface area (Å²) in [4.78, 5) is 13.6. The summed E-state index contributed by atoms with van der Waals surface area (Å²) in [5.74, 6) is 0. The number of aromatic nitrogens is 4. The van der Waals surface area contributed by atoms with E-state index in [4.69, 9.17) is 4.74 Å². The van der Waals surface area contributed by atoms with Gasteiger partial charge >= 0.3 is 6.09 Å². The van der Waals surface area contributed by atoms with Crippen molar-refractivity contribution >= 4 is 6.09 Å². The molecule has 0 saturated carbocycles. The Morgan fingerprint density at radius 2 is 1.30 bits per heavy atom. The molecule has 0 unspecified atom stereocenters. The molecule has 2 aromatic heterocycles. The molecule has 2 aliphatic rings. The van der Waals surface area contributed by atoms with Crippen LogP contribution in [-0.2, 0) is 15.6 Å². The van der Waals surface area contributed by atoms with Crippen LogP contribution in [0.2, 0.25) is 0 Å². The first kappa shape index (κ1) is 25.3. The lowest BCUT2D eigenvalue weighted by Gasteiger charge is -2.39. The van der Waals surface area contributed by atoms with Crippen LogP contribution in [0.4, 0.5) is 4.79 Å². The van der Waals surface area contributed by atoms with Crippen LogP contribution in [-0.4, -0.2) is 62.3 Å². The molecule has 0 atom stereocenters. The SMILES string of the molecule is CC(C)(C)OC(=O)N1CC(n2cc(C(C)(C)C)cn2)C1.CC(C)(C)c1cnn(C2CNC2)c1. The van der Waals surface area contributed by atoms with Crippen LogP contribution in [0.3, 0.4) is 0 Å². The molecule has 2 saturated heterocycles. The molecule has 2 fully saturated rings. The summed E-state index contributed by atoms with van der Waals surface area (Å²) in [6.07, 6.45) is 7.91. The highest BCUT2D eigenvalue weighted by Crippen LogP contribution is 2.27. The normalized spacial score (nSPS) is 17.7. The third kappa shape index (κ3) is 6.59. The molecule has 0 spiro atoms. The van der Waals surface area contributed by atoms with E-state index in [1.165, 1.54) is 11.1 Å². The first-order chi connectivity index (χ1) is 15.1. The minimum absolute atomic E-state index is 0.104. The van der Waals surface area contributed by atoms with Crippen LogP contribution in [0.25, 0.3) is 0 Å². The Bertz CT molecular complexity index is 931. The van der Waals surface area contributed by atoms with Gasteiger partial charge in [-0.3, -0.25) is 9.36 Å². The maximum Gasteiger partial charge on any atom is 0.410 e. The molecule has 2 aromatic rings. The van der Waals surface area contributed by atoms with Gasteiger partial charge in [0.15, 0.2) is 0 Å². The van der Waals surface area contributed by atoms with E-state index >= 15 is 0 Å². The van der Waals surface area contributed by atoms with Crippen molar-refractivity contribution in [2.75, 3.05) is 26.2 Å². The maximum absolute atomic E-state index is 11.9. The smallest absolute Gasteiger partial charge is 0.410 e. The van der Waals surface area contributed by atoms with E-state index in [2.05, 4.69) is 74.1 Å². The minimum Gasteiger partial charge on any atom is -0.444 e. The number of rotatable bonds is 2. The van der Waals surface area contributed by atoms with Crippen molar-refractivity contribution in [2.24, 2.45) is 0 Å². The summed E-state index contributed by atoms with van der Waals surface area (Å²) in [6.45, 7) is 22.2. The molecule has 8 heteroatoms. The largest absolute Gasteiger partial charge is 0.444 e. The van der Waals surface area contributed by atoms with Gasteiger partial charge in [-0.1, -0.05) is 41.5 Å². The van der Waals surface area contributed by atoms with E-state index in [0.717, 1.165) is 13.1 Å². The Labute approximate surface area is 198 Å². The molecule has 0 aromatic carbocycles. The topological polar surface area (TPSA) is 77.2 Å². The molecule has 0 radical (unpaired) electrons. The molecular formula is C25H42N6O2. The van der Waals surface area contributed by atoms with Crippen molar-refractivity contribution < 1.29 is 9.53 Å². The van der Waals surface area contributed by atoms with Crippen LogP contribution in [0.15, 0.2) is 24.8 Å². The Kier molecular flexibility index (Phi) is 6.99. The number of nitrogens with one attached hydrogen (secondary N) is 1. The Balaban J connectivity index is 0.000000203. The molecule has 4 heterocycles. The van der Waals surface area contributed by atoms with Gasteiger partial charge in [-0.2, -0.15) is 10.2 Å². The first-order valence-electron chi connectivity index (χ1n) is 11.9. The zero-order valence-corrected chi connectivity index (χ0v) is 21.8. The third-order valence-corrected chi connectivity index (χ3v) is 5.96. The summed E-state index contributed by atoms with van der Waals surface area (Å²) in [7, 11) is 0. The lowest BCUT2D eigenvalue weighted by molar-refractivity contribution is -0.000409. The van der Waals surface area contributed by atoms with Crippen LogP contribution < -0.4 is 5.32 Å². The van der Waals surface area contributed by atoms with Crippen LogP contribution in [0.5, 0.6) is 0 Å². The van der Waals surface area contributed by atoms with Gasteiger partial charge in [0.2, 0.25) is 0 Å². The van der Waals surface area contributed by atoms with Crippen LogP contribution in [0, 0.1) is 0 Å². The van der Waals surface area contributed by atoms with E-state index in [1.807, 2.05) is 37.8 Å². The average molecular weight is 459 g/mol. The molecule has 184 valence electrons. The molecule has 8 nitrogen and oxygen atoms in total. The predicted molar refractivity (Wildman–Crippen MR) is 131 cm³/mol. The number of likely N-dealkylation sites (tertiary alicyclic amines) is 1. The lowest BCUT2D eigenvalue weighted by atomic mass is 9.90. The third-order valence-electron chi connectivity index (χ3n) is 5.96. The maximum atomic E-state index is 11.9. The molecule has 0 bridgehead atoms. The minimum atomic E-state index is -0.437. The highest BCUT2D eigenvalue weighted by molar-refractivity contribution is 5.69. The number of carbonyl (C=O) groups excluding carboxylic acids is 1. The fourth-order valence-corrected chi connectivity index (χ4v) is 3.41. The Morgan fingerprint density at radius 1 is 0.848 bits per heavy atom. The number of hydrogen-bond acceptors (Lipinski definition) is 5. The highest BCUT2D eigenvalue weighted by Gasteiger charge is 2.35. The van der Waals surface area contributed by atoms with Crippen molar-refractivity contribution in [3.05, 3.63) is 35.9 Å².